The van der Waals surface area contributed by atoms with Crippen molar-refractivity contribution in [1.82, 2.24) is 23.7 Å². The Morgan fingerprint density at radius 1 is 1.17 bits per heavy atom. The Labute approximate surface area is 201 Å². The first-order chi connectivity index (χ1) is 16.8. The van der Waals surface area contributed by atoms with Crippen LogP contribution in [0.3, 0.4) is 0 Å². The molecule has 1 aromatic carbocycles. The normalized spacial score (nSPS) is 16.2. The van der Waals surface area contributed by atoms with Gasteiger partial charge in [0.05, 0.1) is 17.6 Å². The van der Waals surface area contributed by atoms with Crippen LogP contribution in [0.1, 0.15) is 36.8 Å². The second-order valence-corrected chi connectivity index (χ2v) is 9.08. The third-order valence-corrected chi connectivity index (χ3v) is 6.84. The van der Waals surface area contributed by atoms with Gasteiger partial charge in [0.1, 0.15) is 28.8 Å². The van der Waals surface area contributed by atoms with Crippen molar-refractivity contribution in [2.24, 2.45) is 12.8 Å². The fourth-order valence-corrected chi connectivity index (χ4v) is 5.22. The molecule has 0 aliphatic carbocycles. The maximum absolute atomic E-state index is 13.8. The van der Waals surface area contributed by atoms with Crippen LogP contribution in [0.25, 0.3) is 21.9 Å². The lowest BCUT2D eigenvalue weighted by Crippen LogP contribution is -2.44. The Bertz CT molecular complexity index is 1620. The number of aryl methyl sites for hydroxylation is 3. The van der Waals surface area contributed by atoms with E-state index < -0.39 is 11.2 Å². The highest BCUT2D eigenvalue weighted by Crippen LogP contribution is 2.32. The van der Waals surface area contributed by atoms with Crippen LogP contribution < -0.4 is 21.9 Å². The van der Waals surface area contributed by atoms with Crippen LogP contribution in [-0.4, -0.2) is 42.8 Å². The Kier molecular flexibility index (Phi) is 5.65. The van der Waals surface area contributed by atoms with Gasteiger partial charge in [0, 0.05) is 43.8 Å². The first kappa shape index (κ1) is 22.8. The highest BCUT2D eigenvalue weighted by atomic mass is 16.2. The maximum atomic E-state index is 13.8. The molecule has 180 valence electrons. The number of fused-ring (bicyclic) bond motifs is 2. The van der Waals surface area contributed by atoms with E-state index in [1.165, 1.54) is 4.57 Å². The summed E-state index contributed by atoms with van der Waals surface area (Å²) in [6.45, 7) is 5.56. The molecule has 1 aliphatic heterocycles. The van der Waals surface area contributed by atoms with E-state index in [-0.39, 0.29) is 12.6 Å². The van der Waals surface area contributed by atoms with E-state index >= 15 is 0 Å². The Hall–Kier alpha value is -3.97. The summed E-state index contributed by atoms with van der Waals surface area (Å²) < 4.78 is 4.39. The molecule has 4 aromatic rings. The number of piperidine rings is 1. The molecule has 1 saturated heterocycles. The molecule has 1 atom stereocenters. The molecular formula is C25H28N8O2. The van der Waals surface area contributed by atoms with Crippen molar-refractivity contribution in [3.05, 3.63) is 62.2 Å². The van der Waals surface area contributed by atoms with Crippen molar-refractivity contribution in [1.29, 1.82) is 5.26 Å². The topological polar surface area (TPSA) is 128 Å². The quantitative estimate of drug-likeness (QED) is 0.478. The number of nitriles is 1. The van der Waals surface area contributed by atoms with Crippen molar-refractivity contribution in [3.63, 3.8) is 0 Å². The van der Waals surface area contributed by atoms with Gasteiger partial charge in [-0.05, 0) is 32.8 Å². The molecule has 10 nitrogen and oxygen atoms in total. The minimum atomic E-state index is -0.511. The summed E-state index contributed by atoms with van der Waals surface area (Å²) >= 11 is 0. The second-order valence-electron chi connectivity index (χ2n) is 9.08. The van der Waals surface area contributed by atoms with Gasteiger partial charge in [0.25, 0.3) is 5.56 Å². The Morgan fingerprint density at radius 3 is 2.66 bits per heavy atom. The average molecular weight is 473 g/mol. The summed E-state index contributed by atoms with van der Waals surface area (Å²) in [5, 5.41) is 11.0. The number of rotatable bonds is 4. The number of hydrogen-bond donors (Lipinski definition) is 1. The van der Waals surface area contributed by atoms with E-state index in [9.17, 15) is 14.9 Å². The van der Waals surface area contributed by atoms with Crippen molar-refractivity contribution < 1.29 is 0 Å². The van der Waals surface area contributed by atoms with Crippen LogP contribution in [0.2, 0.25) is 0 Å². The highest BCUT2D eigenvalue weighted by Gasteiger charge is 2.29. The molecule has 3 aromatic heterocycles. The van der Waals surface area contributed by atoms with Gasteiger partial charge < -0.3 is 15.2 Å². The van der Waals surface area contributed by atoms with Crippen LogP contribution in [0.5, 0.6) is 0 Å². The van der Waals surface area contributed by atoms with E-state index in [2.05, 4.69) is 20.9 Å². The zero-order valence-corrected chi connectivity index (χ0v) is 20.2. The number of benzene rings is 1. The van der Waals surface area contributed by atoms with Crippen LogP contribution in [0, 0.1) is 18.3 Å². The lowest BCUT2D eigenvalue weighted by atomic mass is 10.1. The van der Waals surface area contributed by atoms with Crippen molar-refractivity contribution in [3.8, 4) is 6.07 Å². The highest BCUT2D eigenvalue weighted by molar-refractivity contribution is 5.90. The third kappa shape index (κ3) is 3.59. The van der Waals surface area contributed by atoms with Crippen molar-refractivity contribution in [2.75, 3.05) is 18.0 Å². The zero-order valence-electron chi connectivity index (χ0n) is 20.2. The van der Waals surface area contributed by atoms with Gasteiger partial charge in [-0.25, -0.2) is 14.8 Å². The molecule has 0 spiro atoms. The fourth-order valence-electron chi connectivity index (χ4n) is 5.22. The molecule has 0 saturated carbocycles. The van der Waals surface area contributed by atoms with Crippen molar-refractivity contribution in [2.45, 2.75) is 45.8 Å². The first-order valence-electron chi connectivity index (χ1n) is 11.8. The van der Waals surface area contributed by atoms with Crippen LogP contribution in [0.4, 0.5) is 5.82 Å². The summed E-state index contributed by atoms with van der Waals surface area (Å²) in [5.41, 5.74) is 7.80. The molecule has 5 rings (SSSR count). The van der Waals surface area contributed by atoms with E-state index in [4.69, 9.17) is 5.73 Å². The average Bonchev–Trinajstić information content (AvgIpc) is 3.20. The minimum absolute atomic E-state index is 0.00706. The Morgan fingerprint density at radius 2 is 1.94 bits per heavy atom. The summed E-state index contributed by atoms with van der Waals surface area (Å²) in [5.74, 6) is 1.04. The van der Waals surface area contributed by atoms with Gasteiger partial charge >= 0.3 is 5.69 Å². The van der Waals surface area contributed by atoms with E-state index in [1.54, 1.807) is 7.05 Å². The molecule has 4 heterocycles. The lowest BCUT2D eigenvalue weighted by Gasteiger charge is -2.33. The van der Waals surface area contributed by atoms with Gasteiger partial charge in [-0.3, -0.25) is 13.9 Å². The lowest BCUT2D eigenvalue weighted by molar-refractivity contribution is 0.498. The number of hydrogen-bond acceptors (Lipinski definition) is 7. The van der Waals surface area contributed by atoms with Crippen LogP contribution in [-0.2, 0) is 20.1 Å². The number of para-hydroxylation sites is 1. The molecule has 0 unspecified atom stereocenters. The largest absolute Gasteiger partial charge is 0.355 e. The molecule has 1 aliphatic rings. The maximum Gasteiger partial charge on any atom is 0.331 e. The molecule has 0 bridgehead atoms. The smallest absolute Gasteiger partial charge is 0.331 e. The van der Waals surface area contributed by atoms with Crippen LogP contribution >= 0.6 is 0 Å². The second kappa shape index (κ2) is 8.67. The SMILES string of the molecule is CCn1c(N2CCC[C@@H](N)C2)c(C#N)c2c1c(=O)n(Cc1nc(C)c3ccccc3n1)c(=O)n2C. The predicted molar refractivity (Wildman–Crippen MR) is 135 cm³/mol. The van der Waals surface area contributed by atoms with Gasteiger partial charge in [-0.2, -0.15) is 5.26 Å². The summed E-state index contributed by atoms with van der Waals surface area (Å²) in [7, 11) is 1.60. The number of anilines is 1. The van der Waals surface area contributed by atoms with Gasteiger partial charge in [-0.1, -0.05) is 18.2 Å². The number of aromatic nitrogens is 5. The molecule has 10 heteroatoms. The first-order valence-corrected chi connectivity index (χ1v) is 11.8. The Balaban J connectivity index is 1.74. The molecule has 35 heavy (non-hydrogen) atoms. The van der Waals surface area contributed by atoms with Gasteiger partial charge in [0.15, 0.2) is 0 Å². The summed E-state index contributed by atoms with van der Waals surface area (Å²) in [4.78, 5) is 38.4. The third-order valence-electron chi connectivity index (χ3n) is 6.84. The van der Waals surface area contributed by atoms with Crippen LogP contribution in [0.15, 0.2) is 33.9 Å². The summed E-state index contributed by atoms with van der Waals surface area (Å²) in [6, 6.07) is 9.89. The van der Waals surface area contributed by atoms with E-state index in [1.807, 2.05) is 42.7 Å². The fraction of sp³-hybridized carbons (Fsp3) is 0.400. The van der Waals surface area contributed by atoms with Crippen molar-refractivity contribution >= 4 is 27.8 Å². The van der Waals surface area contributed by atoms with E-state index in [0.29, 0.717) is 41.3 Å². The van der Waals surface area contributed by atoms with Gasteiger partial charge in [0.2, 0.25) is 0 Å². The molecular weight excluding hydrogens is 444 g/mol. The number of nitrogens with two attached hydrogens (primary N) is 1. The molecule has 0 amide bonds. The minimum Gasteiger partial charge on any atom is -0.355 e. The summed E-state index contributed by atoms with van der Waals surface area (Å²) in [6.07, 6.45) is 1.82. The molecule has 0 radical (unpaired) electrons. The molecule has 2 N–H and O–H groups in total. The van der Waals surface area contributed by atoms with Gasteiger partial charge in [-0.15, -0.1) is 0 Å². The molecule has 1 fully saturated rings. The van der Waals surface area contributed by atoms with E-state index in [0.717, 1.165) is 40.6 Å². The number of nitrogens with zero attached hydrogens (tertiary/aromatic N) is 7. The standard InChI is InChI=1S/C25H28N8O2/c1-4-32-22-21(18(12-26)23(32)31-11-7-8-16(27)13-31)30(3)25(35)33(24(22)34)14-20-28-15(2)17-9-5-6-10-19(17)29-20/h5-6,9-10,16H,4,7-8,11,13-14,27H2,1-3H3/t16-/m1/s1. The monoisotopic (exact) mass is 472 g/mol. The predicted octanol–water partition coefficient (Wildman–Crippen LogP) is 1.62. The zero-order chi connectivity index (χ0) is 24.9.